The number of nitrogens with one attached hydrogen (secondary N) is 1. The molecular formula is C10H9BrFN3O. The Morgan fingerprint density at radius 2 is 2.19 bits per heavy atom. The first-order valence-electron chi connectivity index (χ1n) is 4.45. The summed E-state index contributed by atoms with van der Waals surface area (Å²) in [5.41, 5.74) is 7.06. The number of halogens is 2. The standard InChI is InChI=1S/C10H9BrFN3O/c1-16-9-3-8(12)7(11)2-5(9)6-4-14-15-10(6)13/h2-4H,1H3,(H3,13,14,15). The maximum absolute atomic E-state index is 13.3. The van der Waals surface area contributed by atoms with Crippen molar-refractivity contribution in [3.63, 3.8) is 0 Å². The molecule has 0 saturated carbocycles. The van der Waals surface area contributed by atoms with Gasteiger partial charge in [0.25, 0.3) is 0 Å². The molecule has 2 rings (SSSR count). The van der Waals surface area contributed by atoms with Crippen LogP contribution in [0.2, 0.25) is 0 Å². The number of ether oxygens (including phenoxy) is 1. The number of H-pyrrole nitrogens is 1. The summed E-state index contributed by atoms with van der Waals surface area (Å²) in [6.45, 7) is 0. The number of anilines is 1. The molecule has 6 heteroatoms. The Bertz CT molecular complexity index is 527. The lowest BCUT2D eigenvalue weighted by Crippen LogP contribution is -1.93. The van der Waals surface area contributed by atoms with Crippen LogP contribution in [0.25, 0.3) is 11.1 Å². The smallest absolute Gasteiger partial charge is 0.141 e. The summed E-state index contributed by atoms with van der Waals surface area (Å²) in [4.78, 5) is 0. The number of nitrogens with two attached hydrogens (primary N) is 1. The van der Waals surface area contributed by atoms with Gasteiger partial charge < -0.3 is 10.5 Å². The molecule has 2 aromatic rings. The predicted octanol–water partition coefficient (Wildman–Crippen LogP) is 2.57. The fourth-order valence-electron chi connectivity index (χ4n) is 1.42. The van der Waals surface area contributed by atoms with E-state index in [4.69, 9.17) is 10.5 Å². The van der Waals surface area contributed by atoms with Crippen molar-refractivity contribution in [2.24, 2.45) is 0 Å². The van der Waals surface area contributed by atoms with Crippen molar-refractivity contribution < 1.29 is 9.13 Å². The molecule has 0 atom stereocenters. The van der Waals surface area contributed by atoms with Gasteiger partial charge in [0.05, 0.1) is 17.8 Å². The minimum absolute atomic E-state index is 0.351. The zero-order chi connectivity index (χ0) is 11.7. The monoisotopic (exact) mass is 285 g/mol. The molecule has 0 fully saturated rings. The van der Waals surface area contributed by atoms with E-state index in [1.165, 1.54) is 13.2 Å². The fraction of sp³-hybridized carbons (Fsp3) is 0.100. The molecule has 0 amide bonds. The number of aromatic nitrogens is 2. The number of hydrogen-bond acceptors (Lipinski definition) is 3. The van der Waals surface area contributed by atoms with Crippen molar-refractivity contribution in [1.29, 1.82) is 0 Å². The topological polar surface area (TPSA) is 63.9 Å². The van der Waals surface area contributed by atoms with Crippen molar-refractivity contribution in [2.45, 2.75) is 0 Å². The molecule has 0 bridgehead atoms. The van der Waals surface area contributed by atoms with Gasteiger partial charge in [-0.05, 0) is 22.0 Å². The normalized spacial score (nSPS) is 10.4. The van der Waals surface area contributed by atoms with E-state index in [2.05, 4.69) is 26.1 Å². The van der Waals surface area contributed by atoms with Crippen LogP contribution in [0.3, 0.4) is 0 Å². The molecule has 1 aromatic carbocycles. The molecule has 1 heterocycles. The van der Waals surface area contributed by atoms with Gasteiger partial charge in [-0.1, -0.05) is 0 Å². The predicted molar refractivity (Wildman–Crippen MR) is 62.6 cm³/mol. The lowest BCUT2D eigenvalue weighted by molar-refractivity contribution is 0.412. The zero-order valence-corrected chi connectivity index (χ0v) is 10.0. The summed E-state index contributed by atoms with van der Waals surface area (Å²) in [7, 11) is 1.47. The molecule has 0 saturated heterocycles. The third-order valence-corrected chi connectivity index (χ3v) is 2.81. The molecule has 3 N–H and O–H groups in total. The van der Waals surface area contributed by atoms with E-state index in [9.17, 15) is 4.39 Å². The van der Waals surface area contributed by atoms with Crippen LogP contribution >= 0.6 is 15.9 Å². The Balaban J connectivity index is 2.64. The van der Waals surface area contributed by atoms with Gasteiger partial charge in [0, 0.05) is 17.2 Å². The second kappa shape index (κ2) is 4.13. The largest absolute Gasteiger partial charge is 0.496 e. The van der Waals surface area contributed by atoms with Crippen molar-refractivity contribution in [3.05, 3.63) is 28.6 Å². The van der Waals surface area contributed by atoms with Crippen LogP contribution < -0.4 is 10.5 Å². The first-order chi connectivity index (χ1) is 7.63. The number of hydrogen-bond donors (Lipinski definition) is 2. The van der Waals surface area contributed by atoms with Crippen molar-refractivity contribution in [3.8, 4) is 16.9 Å². The van der Waals surface area contributed by atoms with Crippen LogP contribution in [0.1, 0.15) is 0 Å². The highest BCUT2D eigenvalue weighted by atomic mass is 79.9. The summed E-state index contributed by atoms with van der Waals surface area (Å²) >= 11 is 3.12. The third-order valence-electron chi connectivity index (χ3n) is 2.20. The molecular weight excluding hydrogens is 277 g/mol. The van der Waals surface area contributed by atoms with E-state index >= 15 is 0 Å². The maximum Gasteiger partial charge on any atom is 0.141 e. The van der Waals surface area contributed by atoms with Crippen LogP contribution in [0.5, 0.6) is 5.75 Å². The van der Waals surface area contributed by atoms with Crippen LogP contribution in [-0.2, 0) is 0 Å². The Morgan fingerprint density at radius 3 is 2.75 bits per heavy atom. The van der Waals surface area contributed by atoms with E-state index < -0.39 is 0 Å². The molecule has 0 aliphatic carbocycles. The third kappa shape index (κ3) is 1.76. The van der Waals surface area contributed by atoms with E-state index in [-0.39, 0.29) is 5.82 Å². The van der Waals surface area contributed by atoms with Crippen molar-refractivity contribution in [2.75, 3.05) is 12.8 Å². The molecule has 1 aromatic heterocycles. The van der Waals surface area contributed by atoms with Gasteiger partial charge in [0.15, 0.2) is 0 Å². The van der Waals surface area contributed by atoms with E-state index in [0.29, 0.717) is 27.2 Å². The van der Waals surface area contributed by atoms with Crippen molar-refractivity contribution >= 4 is 21.7 Å². The zero-order valence-electron chi connectivity index (χ0n) is 8.42. The summed E-state index contributed by atoms with van der Waals surface area (Å²) in [6.07, 6.45) is 1.57. The van der Waals surface area contributed by atoms with Crippen LogP contribution in [0, 0.1) is 5.82 Å². The molecule has 16 heavy (non-hydrogen) atoms. The second-order valence-corrected chi connectivity index (χ2v) is 4.02. The Kier molecular flexibility index (Phi) is 2.82. The summed E-state index contributed by atoms with van der Waals surface area (Å²) in [5, 5.41) is 6.43. The van der Waals surface area contributed by atoms with Crippen molar-refractivity contribution in [1.82, 2.24) is 10.2 Å². The van der Waals surface area contributed by atoms with Gasteiger partial charge in [-0.2, -0.15) is 5.10 Å². The average molecular weight is 286 g/mol. The van der Waals surface area contributed by atoms with Gasteiger partial charge in [0.1, 0.15) is 17.4 Å². The summed E-state index contributed by atoms with van der Waals surface area (Å²) < 4.78 is 18.8. The van der Waals surface area contributed by atoms with E-state index in [0.717, 1.165) is 0 Å². The molecule has 4 nitrogen and oxygen atoms in total. The van der Waals surface area contributed by atoms with Gasteiger partial charge >= 0.3 is 0 Å². The number of benzene rings is 1. The lowest BCUT2D eigenvalue weighted by Gasteiger charge is -2.08. The minimum Gasteiger partial charge on any atom is -0.496 e. The Hall–Kier alpha value is -1.56. The number of rotatable bonds is 2. The molecule has 0 aliphatic heterocycles. The molecule has 0 radical (unpaired) electrons. The second-order valence-electron chi connectivity index (χ2n) is 3.16. The lowest BCUT2D eigenvalue weighted by atomic mass is 10.1. The minimum atomic E-state index is -0.386. The van der Waals surface area contributed by atoms with Gasteiger partial charge in [-0.25, -0.2) is 4.39 Å². The molecule has 0 spiro atoms. The number of nitrogen functional groups attached to an aromatic ring is 1. The first-order valence-corrected chi connectivity index (χ1v) is 5.25. The highest BCUT2D eigenvalue weighted by Gasteiger charge is 2.14. The number of aromatic amines is 1. The van der Waals surface area contributed by atoms with Gasteiger partial charge in [-0.3, -0.25) is 5.10 Å². The first kappa shape index (κ1) is 10.9. The fourth-order valence-corrected chi connectivity index (χ4v) is 1.76. The molecule has 0 unspecified atom stereocenters. The summed E-state index contributed by atoms with van der Waals surface area (Å²) in [5.74, 6) is 0.438. The molecule has 0 aliphatic rings. The summed E-state index contributed by atoms with van der Waals surface area (Å²) in [6, 6.07) is 2.90. The quantitative estimate of drug-likeness (QED) is 0.891. The highest BCUT2D eigenvalue weighted by molar-refractivity contribution is 9.10. The Labute approximate surface area is 99.7 Å². The van der Waals surface area contributed by atoms with E-state index in [1.54, 1.807) is 12.3 Å². The number of methoxy groups -OCH3 is 1. The van der Waals surface area contributed by atoms with Gasteiger partial charge in [0.2, 0.25) is 0 Å². The maximum atomic E-state index is 13.3. The number of nitrogens with zero attached hydrogens (tertiary/aromatic N) is 1. The Morgan fingerprint density at radius 1 is 1.44 bits per heavy atom. The van der Waals surface area contributed by atoms with Crippen LogP contribution in [0.15, 0.2) is 22.8 Å². The average Bonchev–Trinajstić information content (AvgIpc) is 2.68. The van der Waals surface area contributed by atoms with E-state index in [1.807, 2.05) is 0 Å². The van der Waals surface area contributed by atoms with Crippen LogP contribution in [0.4, 0.5) is 10.2 Å². The SMILES string of the molecule is COc1cc(F)c(Br)cc1-c1cn[nH]c1N. The van der Waals surface area contributed by atoms with Gasteiger partial charge in [-0.15, -0.1) is 0 Å². The van der Waals surface area contributed by atoms with Crippen LogP contribution in [-0.4, -0.2) is 17.3 Å². The highest BCUT2D eigenvalue weighted by Crippen LogP contribution is 2.36. The molecule has 84 valence electrons.